The van der Waals surface area contributed by atoms with E-state index in [1.165, 1.54) is 0 Å². The van der Waals surface area contributed by atoms with Gasteiger partial charge in [0, 0.05) is 12.1 Å². The molecule has 1 aromatic carbocycles. The average Bonchev–Trinajstić information content (AvgIpc) is 2.34. The summed E-state index contributed by atoms with van der Waals surface area (Å²) in [4.78, 5) is 23.2. The molecule has 0 unspecified atom stereocenters. The molecule has 0 spiro atoms. The molecule has 0 heterocycles. The van der Waals surface area contributed by atoms with Gasteiger partial charge in [-0.05, 0) is 39.0 Å². The number of carbonyl (C=O) groups excluding carboxylic acids is 2. The van der Waals surface area contributed by atoms with Crippen LogP contribution in [0.1, 0.15) is 39.2 Å². The van der Waals surface area contributed by atoms with Crippen molar-refractivity contribution in [3.05, 3.63) is 29.8 Å². The Labute approximate surface area is 118 Å². The van der Waals surface area contributed by atoms with Crippen molar-refractivity contribution in [1.82, 2.24) is 0 Å². The maximum atomic E-state index is 11.7. The van der Waals surface area contributed by atoms with Gasteiger partial charge in [0.25, 0.3) is 0 Å². The first-order valence-electron chi connectivity index (χ1n) is 6.32. The highest BCUT2D eigenvalue weighted by Crippen LogP contribution is 2.12. The first-order valence-corrected chi connectivity index (χ1v) is 6.32. The molecule has 1 amide bonds. The van der Waals surface area contributed by atoms with Crippen molar-refractivity contribution < 1.29 is 14.3 Å². The standard InChI is InChI=1S/C15H18N2O3/c1-15(2,3)20-14(19)8-7-13(18)17-12-6-4-5-11(9-12)10-16/h4-6,9H,7-8H2,1-3H3,(H,17,18). The van der Waals surface area contributed by atoms with Gasteiger partial charge in [0.2, 0.25) is 5.91 Å². The molecular formula is C15H18N2O3. The highest BCUT2D eigenvalue weighted by molar-refractivity contribution is 5.92. The molecule has 0 aliphatic rings. The smallest absolute Gasteiger partial charge is 0.306 e. The zero-order valence-electron chi connectivity index (χ0n) is 11.9. The number of amides is 1. The normalized spacial score (nSPS) is 10.5. The lowest BCUT2D eigenvalue weighted by Crippen LogP contribution is -2.24. The summed E-state index contributed by atoms with van der Waals surface area (Å²) in [5.41, 5.74) is 0.461. The Kier molecular flexibility index (Phi) is 5.27. The fourth-order valence-electron chi connectivity index (χ4n) is 1.50. The van der Waals surface area contributed by atoms with Crippen molar-refractivity contribution in [2.75, 3.05) is 5.32 Å². The van der Waals surface area contributed by atoms with Crippen LogP contribution in [0.2, 0.25) is 0 Å². The lowest BCUT2D eigenvalue weighted by Gasteiger charge is -2.19. The highest BCUT2D eigenvalue weighted by atomic mass is 16.6. The molecule has 0 aromatic heterocycles. The Morgan fingerprint density at radius 3 is 2.60 bits per heavy atom. The molecule has 0 atom stereocenters. The second kappa shape index (κ2) is 6.71. The van der Waals surface area contributed by atoms with Gasteiger partial charge in [0.15, 0.2) is 0 Å². The first kappa shape index (κ1) is 15.7. The van der Waals surface area contributed by atoms with E-state index in [9.17, 15) is 9.59 Å². The zero-order valence-corrected chi connectivity index (χ0v) is 11.9. The van der Waals surface area contributed by atoms with E-state index >= 15 is 0 Å². The van der Waals surface area contributed by atoms with E-state index in [4.69, 9.17) is 10.00 Å². The molecule has 0 aliphatic carbocycles. The molecular weight excluding hydrogens is 256 g/mol. The van der Waals surface area contributed by atoms with E-state index in [0.29, 0.717) is 11.3 Å². The van der Waals surface area contributed by atoms with E-state index in [1.807, 2.05) is 6.07 Å². The van der Waals surface area contributed by atoms with Crippen molar-refractivity contribution in [3.8, 4) is 6.07 Å². The summed E-state index contributed by atoms with van der Waals surface area (Å²) in [5.74, 6) is -0.690. The number of hydrogen-bond acceptors (Lipinski definition) is 4. The molecule has 0 saturated heterocycles. The van der Waals surface area contributed by atoms with Crippen molar-refractivity contribution in [2.24, 2.45) is 0 Å². The number of benzene rings is 1. The van der Waals surface area contributed by atoms with Gasteiger partial charge >= 0.3 is 5.97 Å². The van der Waals surface area contributed by atoms with Crippen LogP contribution < -0.4 is 5.32 Å². The van der Waals surface area contributed by atoms with Crippen LogP contribution in [0.3, 0.4) is 0 Å². The molecule has 5 nitrogen and oxygen atoms in total. The summed E-state index contributed by atoms with van der Waals surface area (Å²) in [6, 6.07) is 8.58. The largest absolute Gasteiger partial charge is 0.460 e. The Balaban J connectivity index is 2.44. The molecule has 0 radical (unpaired) electrons. The Hall–Kier alpha value is -2.35. The zero-order chi connectivity index (χ0) is 15.2. The number of anilines is 1. The monoisotopic (exact) mass is 274 g/mol. The fourth-order valence-corrected chi connectivity index (χ4v) is 1.50. The molecule has 5 heteroatoms. The van der Waals surface area contributed by atoms with Gasteiger partial charge < -0.3 is 10.1 Å². The fraction of sp³-hybridized carbons (Fsp3) is 0.400. The third-order valence-electron chi connectivity index (χ3n) is 2.25. The van der Waals surface area contributed by atoms with E-state index in [0.717, 1.165) is 0 Å². The quantitative estimate of drug-likeness (QED) is 0.856. The third kappa shape index (κ3) is 6.01. The number of ether oxygens (including phenoxy) is 1. The van der Waals surface area contributed by atoms with Gasteiger partial charge in [0.05, 0.1) is 18.1 Å². The van der Waals surface area contributed by atoms with Gasteiger partial charge in [-0.3, -0.25) is 9.59 Å². The van der Waals surface area contributed by atoms with Gasteiger partial charge in [-0.1, -0.05) is 6.07 Å². The Bertz CT molecular complexity index is 539. The number of rotatable bonds is 4. The summed E-state index contributed by atoms with van der Waals surface area (Å²) in [6.07, 6.45) is 0.0761. The van der Waals surface area contributed by atoms with Crippen LogP contribution in [0, 0.1) is 11.3 Å². The summed E-state index contributed by atoms with van der Waals surface area (Å²) < 4.78 is 5.11. The maximum Gasteiger partial charge on any atom is 0.306 e. The molecule has 1 N–H and O–H groups in total. The minimum absolute atomic E-state index is 0.0288. The summed E-state index contributed by atoms with van der Waals surface area (Å²) in [5, 5.41) is 11.4. The topological polar surface area (TPSA) is 79.2 Å². The van der Waals surface area contributed by atoms with Crippen molar-refractivity contribution in [2.45, 2.75) is 39.2 Å². The lowest BCUT2D eigenvalue weighted by molar-refractivity contribution is -0.155. The molecule has 0 saturated carbocycles. The number of esters is 1. The van der Waals surface area contributed by atoms with Crippen molar-refractivity contribution in [3.63, 3.8) is 0 Å². The van der Waals surface area contributed by atoms with Gasteiger partial charge in [-0.2, -0.15) is 5.26 Å². The predicted molar refractivity (Wildman–Crippen MR) is 74.9 cm³/mol. The summed E-state index contributed by atoms with van der Waals surface area (Å²) in [7, 11) is 0. The van der Waals surface area contributed by atoms with Crippen LogP contribution in [-0.2, 0) is 14.3 Å². The van der Waals surface area contributed by atoms with Crippen LogP contribution >= 0.6 is 0 Å². The average molecular weight is 274 g/mol. The number of nitrogens with zero attached hydrogens (tertiary/aromatic N) is 1. The molecule has 0 aliphatic heterocycles. The van der Waals surface area contributed by atoms with E-state index in [-0.39, 0.29) is 18.7 Å². The molecule has 1 rings (SSSR count). The second-order valence-electron chi connectivity index (χ2n) is 5.33. The minimum atomic E-state index is -0.547. The molecule has 0 bridgehead atoms. The SMILES string of the molecule is CC(C)(C)OC(=O)CCC(=O)Nc1cccc(C#N)c1. The molecule has 20 heavy (non-hydrogen) atoms. The Morgan fingerprint density at radius 2 is 2.00 bits per heavy atom. The lowest BCUT2D eigenvalue weighted by atomic mass is 10.2. The number of hydrogen-bond donors (Lipinski definition) is 1. The maximum absolute atomic E-state index is 11.7. The number of carbonyl (C=O) groups is 2. The summed E-state index contributed by atoms with van der Waals surface area (Å²) >= 11 is 0. The molecule has 0 fully saturated rings. The second-order valence-corrected chi connectivity index (χ2v) is 5.33. The van der Waals surface area contributed by atoms with E-state index in [1.54, 1.807) is 45.0 Å². The molecule has 1 aromatic rings. The minimum Gasteiger partial charge on any atom is -0.460 e. The number of nitriles is 1. The Morgan fingerprint density at radius 1 is 1.30 bits per heavy atom. The third-order valence-corrected chi connectivity index (χ3v) is 2.25. The van der Waals surface area contributed by atoms with Crippen molar-refractivity contribution >= 4 is 17.6 Å². The van der Waals surface area contributed by atoms with Gasteiger partial charge in [0.1, 0.15) is 5.60 Å². The number of nitrogens with one attached hydrogen (secondary N) is 1. The van der Waals surface area contributed by atoms with Crippen LogP contribution in [0.25, 0.3) is 0 Å². The van der Waals surface area contributed by atoms with Crippen molar-refractivity contribution in [1.29, 1.82) is 5.26 Å². The van der Waals surface area contributed by atoms with Gasteiger partial charge in [-0.15, -0.1) is 0 Å². The molecule has 106 valence electrons. The van der Waals surface area contributed by atoms with E-state index < -0.39 is 11.6 Å². The van der Waals surface area contributed by atoms with Crippen LogP contribution in [-0.4, -0.2) is 17.5 Å². The highest BCUT2D eigenvalue weighted by Gasteiger charge is 2.17. The van der Waals surface area contributed by atoms with Crippen LogP contribution in [0.15, 0.2) is 24.3 Å². The first-order chi connectivity index (χ1) is 9.30. The van der Waals surface area contributed by atoms with Crippen LogP contribution in [0.4, 0.5) is 5.69 Å². The predicted octanol–water partition coefficient (Wildman–Crippen LogP) is 2.62. The van der Waals surface area contributed by atoms with E-state index in [2.05, 4.69) is 5.32 Å². The van der Waals surface area contributed by atoms with Crippen LogP contribution in [0.5, 0.6) is 0 Å². The van der Waals surface area contributed by atoms with Gasteiger partial charge in [-0.25, -0.2) is 0 Å². The summed E-state index contributed by atoms with van der Waals surface area (Å²) in [6.45, 7) is 5.33.